The second-order valence-corrected chi connectivity index (χ2v) is 10.8. The highest BCUT2D eigenvalue weighted by Gasteiger charge is 2.62. The maximum absolute atomic E-state index is 10.2. The van der Waals surface area contributed by atoms with Crippen LogP contribution in [0.4, 0.5) is 0 Å². The number of benzene rings is 2. The Morgan fingerprint density at radius 2 is 1.72 bits per heavy atom. The zero-order valence-electron chi connectivity index (χ0n) is 19.5. The quantitative estimate of drug-likeness (QED) is 0.671. The molecule has 0 spiro atoms. The molecular formula is C28H36O4. The van der Waals surface area contributed by atoms with Crippen LogP contribution in [-0.4, -0.2) is 35.1 Å². The van der Waals surface area contributed by atoms with E-state index in [-0.39, 0.29) is 18.8 Å². The standard InChI is InChI=1S/C28H36O4/c1-17-4-7-19(27-13-21(30)12-24(16-29)32-27)11-20(17)10-18-5-8-22(9-6-18)31-23-14-25-26(15-23)28(25,2)3/h4-9,11,21,23-27,29-30H,10,12-16H2,1-3H3/t21?,23?,24?,25?,26?,27-/m0/s1. The molecule has 0 bridgehead atoms. The summed E-state index contributed by atoms with van der Waals surface area (Å²) >= 11 is 0. The second kappa shape index (κ2) is 8.48. The lowest BCUT2D eigenvalue weighted by Gasteiger charge is -2.32. The van der Waals surface area contributed by atoms with E-state index >= 15 is 0 Å². The highest BCUT2D eigenvalue weighted by molar-refractivity contribution is 5.38. The summed E-state index contributed by atoms with van der Waals surface area (Å²) in [6.07, 6.45) is 3.79. The molecule has 2 N–H and O–H groups in total. The third-order valence-corrected chi connectivity index (χ3v) is 8.27. The summed E-state index contributed by atoms with van der Waals surface area (Å²) in [4.78, 5) is 0. The molecule has 0 radical (unpaired) electrons. The molecule has 3 aliphatic rings. The molecule has 3 fully saturated rings. The van der Waals surface area contributed by atoms with Crippen molar-refractivity contribution >= 4 is 0 Å². The summed E-state index contributed by atoms with van der Waals surface area (Å²) < 4.78 is 12.3. The van der Waals surface area contributed by atoms with Gasteiger partial charge in [-0.15, -0.1) is 0 Å². The molecule has 5 rings (SSSR count). The monoisotopic (exact) mass is 436 g/mol. The van der Waals surface area contributed by atoms with Crippen molar-refractivity contribution in [3.63, 3.8) is 0 Å². The third-order valence-electron chi connectivity index (χ3n) is 8.27. The Balaban J connectivity index is 1.23. The molecule has 4 nitrogen and oxygen atoms in total. The van der Waals surface area contributed by atoms with Gasteiger partial charge < -0.3 is 19.7 Å². The fourth-order valence-corrected chi connectivity index (χ4v) is 6.06. The molecule has 2 aromatic carbocycles. The summed E-state index contributed by atoms with van der Waals surface area (Å²) in [5.74, 6) is 2.68. The van der Waals surface area contributed by atoms with Gasteiger partial charge in [0, 0.05) is 12.8 Å². The van der Waals surface area contributed by atoms with E-state index in [0.717, 1.165) is 29.6 Å². The van der Waals surface area contributed by atoms with Crippen LogP contribution in [-0.2, 0) is 11.2 Å². The predicted molar refractivity (Wildman–Crippen MR) is 125 cm³/mol. The van der Waals surface area contributed by atoms with E-state index in [1.54, 1.807) is 0 Å². The van der Waals surface area contributed by atoms with Gasteiger partial charge in [0.05, 0.1) is 31.0 Å². The van der Waals surface area contributed by atoms with E-state index in [0.29, 0.717) is 24.4 Å². The van der Waals surface area contributed by atoms with Gasteiger partial charge in [0.25, 0.3) is 0 Å². The van der Waals surface area contributed by atoms with Gasteiger partial charge in [-0.25, -0.2) is 0 Å². The smallest absolute Gasteiger partial charge is 0.119 e. The van der Waals surface area contributed by atoms with E-state index < -0.39 is 6.10 Å². The number of fused-ring (bicyclic) bond motifs is 1. The fourth-order valence-electron chi connectivity index (χ4n) is 6.06. The van der Waals surface area contributed by atoms with Crippen LogP contribution < -0.4 is 4.74 Å². The van der Waals surface area contributed by atoms with Gasteiger partial charge in [-0.05, 0) is 77.8 Å². The third kappa shape index (κ3) is 4.33. The highest BCUT2D eigenvalue weighted by Crippen LogP contribution is 2.67. The summed E-state index contributed by atoms with van der Waals surface area (Å²) in [6.45, 7) is 6.85. The number of aryl methyl sites for hydroxylation is 1. The van der Waals surface area contributed by atoms with Crippen molar-refractivity contribution in [2.45, 2.75) is 77.3 Å². The van der Waals surface area contributed by atoms with Crippen molar-refractivity contribution < 1.29 is 19.7 Å². The summed E-state index contributed by atoms with van der Waals surface area (Å²) in [6, 6.07) is 15.0. The largest absolute Gasteiger partial charge is 0.490 e. The molecule has 172 valence electrons. The summed E-state index contributed by atoms with van der Waals surface area (Å²) in [5.41, 5.74) is 5.38. The second-order valence-electron chi connectivity index (χ2n) is 10.8. The van der Waals surface area contributed by atoms with Crippen LogP contribution >= 0.6 is 0 Å². The molecule has 2 aliphatic carbocycles. The lowest BCUT2D eigenvalue weighted by Crippen LogP contribution is -2.33. The maximum atomic E-state index is 10.2. The van der Waals surface area contributed by atoms with Crippen LogP contribution in [0.5, 0.6) is 5.75 Å². The van der Waals surface area contributed by atoms with Gasteiger partial charge in [0.2, 0.25) is 0 Å². The van der Waals surface area contributed by atoms with Crippen molar-refractivity contribution in [3.8, 4) is 5.75 Å². The van der Waals surface area contributed by atoms with Crippen molar-refractivity contribution in [1.29, 1.82) is 0 Å². The minimum Gasteiger partial charge on any atom is -0.490 e. The lowest BCUT2D eigenvalue weighted by molar-refractivity contribution is -0.113. The first-order valence-corrected chi connectivity index (χ1v) is 12.1. The summed E-state index contributed by atoms with van der Waals surface area (Å²) in [5, 5.41) is 19.6. The fraction of sp³-hybridized carbons (Fsp3) is 0.571. The first-order chi connectivity index (χ1) is 15.3. The van der Waals surface area contributed by atoms with Crippen LogP contribution in [0.25, 0.3) is 0 Å². The minimum absolute atomic E-state index is 0.0549. The van der Waals surface area contributed by atoms with Crippen molar-refractivity contribution in [2.24, 2.45) is 17.3 Å². The SMILES string of the molecule is Cc1ccc([C@@H]2CC(O)CC(CO)O2)cc1Cc1ccc(OC2CC3C(C2)C3(C)C)cc1. The predicted octanol–water partition coefficient (Wildman–Crippen LogP) is 4.97. The Morgan fingerprint density at radius 1 is 1.00 bits per heavy atom. The van der Waals surface area contributed by atoms with E-state index in [1.165, 1.54) is 29.5 Å². The average Bonchev–Trinajstić information content (AvgIpc) is 3.09. The number of hydrogen-bond acceptors (Lipinski definition) is 4. The molecule has 2 aromatic rings. The molecule has 1 heterocycles. The molecule has 2 saturated carbocycles. The van der Waals surface area contributed by atoms with Crippen molar-refractivity contribution in [1.82, 2.24) is 0 Å². The van der Waals surface area contributed by atoms with Crippen molar-refractivity contribution in [3.05, 3.63) is 64.7 Å². The molecule has 0 amide bonds. The van der Waals surface area contributed by atoms with E-state index in [4.69, 9.17) is 9.47 Å². The molecule has 32 heavy (non-hydrogen) atoms. The Morgan fingerprint density at radius 3 is 2.41 bits per heavy atom. The van der Waals surface area contributed by atoms with Crippen LogP contribution in [0.3, 0.4) is 0 Å². The minimum atomic E-state index is -0.431. The number of aliphatic hydroxyl groups excluding tert-OH is 2. The van der Waals surface area contributed by atoms with Crippen LogP contribution in [0.2, 0.25) is 0 Å². The molecule has 0 aromatic heterocycles. The molecule has 4 unspecified atom stereocenters. The Kier molecular flexibility index (Phi) is 5.81. The molecule has 5 atom stereocenters. The molecule has 1 saturated heterocycles. The lowest BCUT2D eigenvalue weighted by atomic mass is 9.92. The van der Waals surface area contributed by atoms with Gasteiger partial charge >= 0.3 is 0 Å². The van der Waals surface area contributed by atoms with Gasteiger partial charge in [-0.1, -0.05) is 44.2 Å². The normalized spacial score (nSPS) is 33.0. The van der Waals surface area contributed by atoms with E-state index in [9.17, 15) is 10.2 Å². The topological polar surface area (TPSA) is 58.9 Å². The Hall–Kier alpha value is -1.88. The van der Waals surface area contributed by atoms with Gasteiger partial charge in [0.1, 0.15) is 5.75 Å². The zero-order chi connectivity index (χ0) is 22.5. The van der Waals surface area contributed by atoms with Gasteiger partial charge in [0.15, 0.2) is 0 Å². The number of rotatable bonds is 6. The molecule has 1 aliphatic heterocycles. The molecular weight excluding hydrogens is 400 g/mol. The number of hydrogen-bond donors (Lipinski definition) is 2. The van der Waals surface area contributed by atoms with Gasteiger partial charge in [-0.2, -0.15) is 0 Å². The van der Waals surface area contributed by atoms with Crippen LogP contribution in [0.1, 0.15) is 67.9 Å². The highest BCUT2D eigenvalue weighted by atomic mass is 16.5. The van der Waals surface area contributed by atoms with Crippen molar-refractivity contribution in [2.75, 3.05) is 6.61 Å². The molecule has 4 heteroatoms. The first kappa shape index (κ1) is 21.9. The zero-order valence-corrected chi connectivity index (χ0v) is 19.5. The summed E-state index contributed by atoms with van der Waals surface area (Å²) in [7, 11) is 0. The van der Waals surface area contributed by atoms with Gasteiger partial charge in [-0.3, -0.25) is 0 Å². The number of aliphatic hydroxyl groups is 2. The van der Waals surface area contributed by atoms with E-state index in [2.05, 4.69) is 63.2 Å². The van der Waals surface area contributed by atoms with Crippen LogP contribution in [0, 0.1) is 24.2 Å². The Labute approximate surface area is 191 Å². The number of ether oxygens (including phenoxy) is 2. The van der Waals surface area contributed by atoms with E-state index in [1.807, 2.05) is 0 Å². The Bertz CT molecular complexity index is 936. The first-order valence-electron chi connectivity index (χ1n) is 12.1. The van der Waals surface area contributed by atoms with Crippen LogP contribution in [0.15, 0.2) is 42.5 Å². The maximum Gasteiger partial charge on any atom is 0.119 e. The average molecular weight is 437 g/mol.